The van der Waals surface area contributed by atoms with Gasteiger partial charge in [0.15, 0.2) is 0 Å². The van der Waals surface area contributed by atoms with Crippen LogP contribution in [-0.2, 0) is 15.3 Å². The first-order valence-electron chi connectivity index (χ1n) is 7.11. The number of hydrogen-bond donors (Lipinski definition) is 1. The average Bonchev–Trinajstić information content (AvgIpc) is 2.39. The second-order valence-electron chi connectivity index (χ2n) is 5.66. The molecular formula is C16H21NO3S. The van der Waals surface area contributed by atoms with Crippen LogP contribution in [0.25, 0.3) is 0 Å². The van der Waals surface area contributed by atoms with Crippen molar-refractivity contribution >= 4 is 23.6 Å². The molecule has 1 heterocycles. The summed E-state index contributed by atoms with van der Waals surface area (Å²) >= 11 is 1.61. The minimum absolute atomic E-state index is 0.105. The van der Waals surface area contributed by atoms with Crippen molar-refractivity contribution < 1.29 is 14.7 Å². The van der Waals surface area contributed by atoms with Crippen LogP contribution < -0.4 is 0 Å². The van der Waals surface area contributed by atoms with E-state index in [0.29, 0.717) is 18.8 Å². The maximum atomic E-state index is 12.0. The second-order valence-corrected chi connectivity index (χ2v) is 6.65. The first kappa shape index (κ1) is 15.9. The van der Waals surface area contributed by atoms with Gasteiger partial charge < -0.3 is 10.0 Å². The van der Waals surface area contributed by atoms with Crippen molar-refractivity contribution in [3.63, 3.8) is 0 Å². The van der Waals surface area contributed by atoms with Gasteiger partial charge in [-0.2, -0.15) is 0 Å². The van der Waals surface area contributed by atoms with Gasteiger partial charge in [-0.15, -0.1) is 11.8 Å². The van der Waals surface area contributed by atoms with E-state index in [4.69, 9.17) is 5.11 Å². The molecule has 21 heavy (non-hydrogen) atoms. The Morgan fingerprint density at radius 1 is 1.33 bits per heavy atom. The van der Waals surface area contributed by atoms with Gasteiger partial charge in [0.1, 0.15) is 0 Å². The topological polar surface area (TPSA) is 57.6 Å². The molecule has 114 valence electrons. The third-order valence-corrected chi connectivity index (χ3v) is 4.96. The van der Waals surface area contributed by atoms with Gasteiger partial charge in [-0.05, 0) is 12.5 Å². The van der Waals surface area contributed by atoms with Gasteiger partial charge in [-0.3, -0.25) is 9.59 Å². The third kappa shape index (κ3) is 4.24. The molecule has 2 rings (SSSR count). The monoisotopic (exact) mass is 307 g/mol. The molecule has 5 heteroatoms. The number of amides is 1. The van der Waals surface area contributed by atoms with Crippen molar-refractivity contribution in [1.82, 2.24) is 4.90 Å². The highest BCUT2D eigenvalue weighted by Crippen LogP contribution is 2.25. The Labute approximate surface area is 129 Å². The number of rotatable bonds is 6. The molecule has 0 aromatic heterocycles. The highest BCUT2D eigenvalue weighted by molar-refractivity contribution is 7.99. The van der Waals surface area contributed by atoms with Crippen molar-refractivity contribution in [3.05, 3.63) is 35.4 Å². The summed E-state index contributed by atoms with van der Waals surface area (Å²) in [6, 6.07) is 8.32. The summed E-state index contributed by atoms with van der Waals surface area (Å²) in [5.74, 6) is 0.362. The number of aliphatic carboxylic acids is 1. The Bertz CT molecular complexity index is 509. The van der Waals surface area contributed by atoms with Crippen LogP contribution in [0.5, 0.6) is 0 Å². The van der Waals surface area contributed by atoms with E-state index in [-0.39, 0.29) is 17.7 Å². The van der Waals surface area contributed by atoms with Gasteiger partial charge in [0.25, 0.3) is 0 Å². The molecule has 0 bridgehead atoms. The largest absolute Gasteiger partial charge is 0.481 e. The zero-order valence-corrected chi connectivity index (χ0v) is 13.2. The molecule has 0 saturated carbocycles. The summed E-state index contributed by atoms with van der Waals surface area (Å²) in [6.45, 7) is 4.93. The van der Waals surface area contributed by atoms with Crippen molar-refractivity contribution in [2.75, 3.05) is 18.8 Å². The molecule has 1 unspecified atom stereocenters. The lowest BCUT2D eigenvalue weighted by molar-refractivity contribution is -0.149. The van der Waals surface area contributed by atoms with Crippen LogP contribution in [-0.4, -0.2) is 40.7 Å². The van der Waals surface area contributed by atoms with E-state index in [1.807, 2.05) is 0 Å². The smallest absolute Gasteiger partial charge is 0.306 e. The highest BCUT2D eigenvalue weighted by atomic mass is 32.2. The van der Waals surface area contributed by atoms with Crippen LogP contribution in [0.4, 0.5) is 0 Å². The van der Waals surface area contributed by atoms with Gasteiger partial charge in [0.2, 0.25) is 5.91 Å². The number of carbonyl (C=O) groups is 2. The summed E-state index contributed by atoms with van der Waals surface area (Å²) < 4.78 is 0. The predicted octanol–water partition coefficient (Wildman–Crippen LogP) is 2.41. The SMILES string of the molecule is Cc1ccc(CSCC(=O)N2CC(C(C)C(=O)O)C2)cc1. The minimum atomic E-state index is -0.777. The summed E-state index contributed by atoms with van der Waals surface area (Å²) in [4.78, 5) is 24.6. The molecule has 4 nitrogen and oxygen atoms in total. The maximum Gasteiger partial charge on any atom is 0.306 e. The average molecular weight is 307 g/mol. The lowest BCUT2D eigenvalue weighted by Gasteiger charge is -2.41. The maximum absolute atomic E-state index is 12.0. The van der Waals surface area contributed by atoms with Crippen molar-refractivity contribution in [2.45, 2.75) is 19.6 Å². The zero-order chi connectivity index (χ0) is 15.4. The van der Waals surface area contributed by atoms with Gasteiger partial charge in [0, 0.05) is 24.8 Å². The Hall–Kier alpha value is -1.49. The number of carbonyl (C=O) groups excluding carboxylic acids is 1. The van der Waals surface area contributed by atoms with Crippen LogP contribution >= 0.6 is 11.8 Å². The molecule has 0 aliphatic carbocycles. The van der Waals surface area contributed by atoms with Crippen LogP contribution in [0.3, 0.4) is 0 Å². The Morgan fingerprint density at radius 3 is 2.52 bits per heavy atom. The first-order chi connectivity index (χ1) is 9.97. The fourth-order valence-electron chi connectivity index (χ4n) is 2.27. The molecular weight excluding hydrogens is 286 g/mol. The van der Waals surface area contributed by atoms with E-state index in [1.165, 1.54) is 11.1 Å². The van der Waals surface area contributed by atoms with E-state index < -0.39 is 5.97 Å². The van der Waals surface area contributed by atoms with Crippen LogP contribution in [0.15, 0.2) is 24.3 Å². The summed E-state index contributed by atoms with van der Waals surface area (Å²) in [5, 5.41) is 8.92. The molecule has 1 aliphatic rings. The summed E-state index contributed by atoms with van der Waals surface area (Å²) in [7, 11) is 0. The fraction of sp³-hybridized carbons (Fsp3) is 0.500. The van der Waals surface area contributed by atoms with Gasteiger partial charge in [0.05, 0.1) is 11.7 Å². The number of nitrogens with zero attached hydrogens (tertiary/aromatic N) is 1. The number of aryl methyl sites for hydroxylation is 1. The Balaban J connectivity index is 1.67. The van der Waals surface area contributed by atoms with Crippen molar-refractivity contribution in [3.8, 4) is 0 Å². The van der Waals surface area contributed by atoms with Gasteiger partial charge in [-0.25, -0.2) is 0 Å². The second kappa shape index (κ2) is 6.98. The standard InChI is InChI=1S/C16H21NO3S/c1-11-3-5-13(6-4-11)9-21-10-15(18)17-7-14(8-17)12(2)16(19)20/h3-6,12,14H,7-10H2,1-2H3,(H,19,20). The predicted molar refractivity (Wildman–Crippen MR) is 84.2 cm³/mol. The molecule has 1 N–H and O–H groups in total. The fourth-order valence-corrected chi connectivity index (χ4v) is 3.15. The van der Waals surface area contributed by atoms with Gasteiger partial charge >= 0.3 is 5.97 Å². The first-order valence-corrected chi connectivity index (χ1v) is 8.26. The molecule has 1 atom stereocenters. The molecule has 1 saturated heterocycles. The molecule has 1 aromatic carbocycles. The van der Waals surface area contributed by atoms with E-state index in [1.54, 1.807) is 23.6 Å². The highest BCUT2D eigenvalue weighted by Gasteiger charge is 2.36. The number of hydrogen-bond acceptors (Lipinski definition) is 3. The molecule has 1 amide bonds. The minimum Gasteiger partial charge on any atom is -0.481 e. The van der Waals surface area contributed by atoms with E-state index in [2.05, 4.69) is 31.2 Å². The number of carboxylic acids is 1. The Kier molecular flexibility index (Phi) is 5.28. The number of benzene rings is 1. The number of carboxylic acid groups (broad SMARTS) is 1. The summed E-state index contributed by atoms with van der Waals surface area (Å²) in [5.41, 5.74) is 2.46. The molecule has 1 aliphatic heterocycles. The van der Waals surface area contributed by atoms with Crippen molar-refractivity contribution in [2.24, 2.45) is 11.8 Å². The normalized spacial score (nSPS) is 16.4. The molecule has 0 spiro atoms. The molecule has 1 aromatic rings. The summed E-state index contributed by atoms with van der Waals surface area (Å²) in [6.07, 6.45) is 0. The van der Waals surface area contributed by atoms with Gasteiger partial charge in [-0.1, -0.05) is 36.8 Å². The van der Waals surface area contributed by atoms with E-state index >= 15 is 0 Å². The van der Waals surface area contributed by atoms with Crippen LogP contribution in [0.2, 0.25) is 0 Å². The van der Waals surface area contributed by atoms with E-state index in [9.17, 15) is 9.59 Å². The van der Waals surface area contributed by atoms with E-state index in [0.717, 1.165) is 5.75 Å². The molecule has 1 fully saturated rings. The zero-order valence-electron chi connectivity index (χ0n) is 12.4. The van der Waals surface area contributed by atoms with Crippen LogP contribution in [0.1, 0.15) is 18.1 Å². The molecule has 0 radical (unpaired) electrons. The van der Waals surface area contributed by atoms with Crippen LogP contribution in [0, 0.1) is 18.8 Å². The lowest BCUT2D eigenvalue weighted by Crippen LogP contribution is -2.54. The Morgan fingerprint density at radius 2 is 1.95 bits per heavy atom. The third-order valence-electron chi connectivity index (χ3n) is 3.97. The van der Waals surface area contributed by atoms with Crippen molar-refractivity contribution in [1.29, 1.82) is 0 Å². The number of likely N-dealkylation sites (tertiary alicyclic amines) is 1. The quantitative estimate of drug-likeness (QED) is 0.877. The lowest BCUT2D eigenvalue weighted by atomic mass is 9.87. The number of thioether (sulfide) groups is 1.